The van der Waals surface area contributed by atoms with E-state index in [0.717, 1.165) is 53.2 Å². The Morgan fingerprint density at radius 1 is 0.763 bits per heavy atom. The zero-order valence-electron chi connectivity index (χ0n) is 37.4. The van der Waals surface area contributed by atoms with Crippen LogP contribution in [0.5, 0.6) is 0 Å². The monoisotopic (exact) mass is 813 g/mol. The molecule has 5 rings (SSSR count). The van der Waals surface area contributed by atoms with Crippen LogP contribution in [-0.4, -0.2) is 85.0 Å². The van der Waals surface area contributed by atoms with E-state index in [9.17, 15) is 9.59 Å². The highest BCUT2D eigenvalue weighted by Gasteiger charge is 2.31. The Labute approximate surface area is 351 Å². The van der Waals surface area contributed by atoms with Crippen LogP contribution in [0.15, 0.2) is 54.7 Å². The third-order valence-electron chi connectivity index (χ3n) is 11.1. The molecule has 1 aliphatic heterocycles. The van der Waals surface area contributed by atoms with Gasteiger partial charge in [-0.15, -0.1) is 10.2 Å². The fourth-order valence-electron chi connectivity index (χ4n) is 7.03. The molecular formula is C46H68N8O5. The van der Waals surface area contributed by atoms with E-state index in [4.69, 9.17) is 19.3 Å². The molecule has 0 saturated heterocycles. The molecule has 0 radical (unpaired) electrons. The molecule has 322 valence electrons. The number of amides is 2. The van der Waals surface area contributed by atoms with Gasteiger partial charge in [0.1, 0.15) is 5.69 Å². The number of fused-ring (bicyclic) bond motifs is 5. The maximum atomic E-state index is 14.1. The van der Waals surface area contributed by atoms with Gasteiger partial charge in [-0.25, -0.2) is 9.36 Å². The van der Waals surface area contributed by atoms with Crippen LogP contribution in [0.25, 0.3) is 22.5 Å². The molecule has 2 aromatic heterocycles. The van der Waals surface area contributed by atoms with Gasteiger partial charge in [-0.2, -0.15) is 0 Å². The molecule has 0 fully saturated rings. The maximum Gasteiger partial charge on any atom is 0.227 e. The quantitative estimate of drug-likeness (QED) is 0.0881. The Kier molecular flexibility index (Phi) is 14.9. The van der Waals surface area contributed by atoms with E-state index in [1.165, 1.54) is 0 Å². The summed E-state index contributed by atoms with van der Waals surface area (Å²) in [6, 6.07) is 15.9. The standard InChI is InChI=1S/C46H68N8O5/c1-33(2)32-59-46(10,11)25-29-58-44(6,7)22-26-47-39(55)20-21-40(56)52-31-35-16-12-13-17-36(35)42-41(37-18-14-15-19-38(37)52)49-50-53(42)27-23-45(8,9)57-28-24-43(4,5)54-30-34(3)48-51-54/h12-19,30,33H,20-29,31-32H2,1-11H3,(H,47,55). The van der Waals surface area contributed by atoms with Crippen molar-refractivity contribution in [3.05, 3.63) is 66.0 Å². The van der Waals surface area contributed by atoms with E-state index in [0.29, 0.717) is 57.3 Å². The number of ether oxygens (including phenoxy) is 3. The van der Waals surface area contributed by atoms with Gasteiger partial charge < -0.3 is 24.4 Å². The fraction of sp³-hybridized carbons (Fsp3) is 0.609. The van der Waals surface area contributed by atoms with E-state index >= 15 is 0 Å². The number of carbonyl (C=O) groups is 2. The number of hydrogen-bond acceptors (Lipinski definition) is 9. The summed E-state index contributed by atoms with van der Waals surface area (Å²) in [7, 11) is 0. The second-order valence-corrected chi connectivity index (χ2v) is 18.8. The van der Waals surface area contributed by atoms with Crippen LogP contribution >= 0.6 is 0 Å². The molecule has 4 aromatic rings. The lowest BCUT2D eigenvalue weighted by Gasteiger charge is -2.30. The van der Waals surface area contributed by atoms with Gasteiger partial charge in [-0.1, -0.05) is 66.7 Å². The second kappa shape index (κ2) is 19.3. The molecule has 0 spiro atoms. The lowest BCUT2D eigenvalue weighted by molar-refractivity contribution is -0.125. The largest absolute Gasteiger partial charge is 0.375 e. The zero-order chi connectivity index (χ0) is 43.0. The van der Waals surface area contributed by atoms with Crippen LogP contribution in [0.4, 0.5) is 5.69 Å². The molecule has 0 saturated carbocycles. The Bertz CT molecular complexity index is 2010. The molecule has 0 unspecified atom stereocenters. The van der Waals surface area contributed by atoms with Gasteiger partial charge >= 0.3 is 0 Å². The van der Waals surface area contributed by atoms with E-state index < -0.39 is 11.2 Å². The van der Waals surface area contributed by atoms with Crippen molar-refractivity contribution in [1.29, 1.82) is 0 Å². The number of rotatable bonds is 21. The van der Waals surface area contributed by atoms with Crippen molar-refractivity contribution in [2.24, 2.45) is 5.92 Å². The number of para-hydroxylation sites is 1. The molecular weight excluding hydrogens is 745 g/mol. The Morgan fingerprint density at radius 2 is 1.41 bits per heavy atom. The van der Waals surface area contributed by atoms with Gasteiger partial charge in [-0.3, -0.25) is 9.59 Å². The minimum Gasteiger partial charge on any atom is -0.375 e. The number of aryl methyl sites for hydroxylation is 2. The predicted octanol–water partition coefficient (Wildman–Crippen LogP) is 8.29. The molecule has 0 aliphatic carbocycles. The molecule has 1 aliphatic rings. The highest BCUT2D eigenvalue weighted by atomic mass is 16.5. The molecule has 3 heterocycles. The predicted molar refractivity (Wildman–Crippen MR) is 232 cm³/mol. The number of carbonyl (C=O) groups excluding carboxylic acids is 2. The number of nitrogens with one attached hydrogen (secondary N) is 1. The van der Waals surface area contributed by atoms with Crippen LogP contribution in [0.3, 0.4) is 0 Å². The lowest BCUT2D eigenvalue weighted by atomic mass is 9.95. The first kappa shape index (κ1) is 45.6. The highest BCUT2D eigenvalue weighted by molar-refractivity contribution is 6.01. The summed E-state index contributed by atoms with van der Waals surface area (Å²) in [5.41, 5.74) is 4.68. The van der Waals surface area contributed by atoms with Crippen LogP contribution in [0.2, 0.25) is 0 Å². The number of benzene rings is 2. The molecule has 2 amide bonds. The number of nitrogens with zero attached hydrogens (tertiary/aromatic N) is 7. The first-order valence-electron chi connectivity index (χ1n) is 21.3. The summed E-state index contributed by atoms with van der Waals surface area (Å²) >= 11 is 0. The number of anilines is 1. The van der Waals surface area contributed by atoms with Crippen LogP contribution in [0.1, 0.15) is 119 Å². The average molecular weight is 813 g/mol. The molecule has 13 nitrogen and oxygen atoms in total. The van der Waals surface area contributed by atoms with E-state index in [1.807, 2.05) is 78.8 Å². The van der Waals surface area contributed by atoms with E-state index in [1.54, 1.807) is 4.90 Å². The molecule has 13 heteroatoms. The third kappa shape index (κ3) is 12.8. The minimum atomic E-state index is -0.425. The van der Waals surface area contributed by atoms with E-state index in [-0.39, 0.29) is 35.8 Å². The number of hydrogen-bond donors (Lipinski definition) is 1. The Hall–Kier alpha value is -4.46. The summed E-state index contributed by atoms with van der Waals surface area (Å²) < 4.78 is 22.6. The van der Waals surface area contributed by atoms with Crippen molar-refractivity contribution < 1.29 is 23.8 Å². The lowest BCUT2D eigenvalue weighted by Crippen LogP contribution is -2.36. The second-order valence-electron chi connectivity index (χ2n) is 18.8. The normalized spacial score (nSPS) is 13.5. The van der Waals surface area contributed by atoms with Gasteiger partial charge in [0.15, 0.2) is 0 Å². The fourth-order valence-corrected chi connectivity index (χ4v) is 7.03. The first-order chi connectivity index (χ1) is 27.8. The first-order valence-corrected chi connectivity index (χ1v) is 21.3. The maximum absolute atomic E-state index is 14.1. The van der Waals surface area contributed by atoms with Gasteiger partial charge in [0, 0.05) is 56.5 Å². The number of aromatic nitrogens is 6. The molecule has 0 atom stereocenters. The summed E-state index contributed by atoms with van der Waals surface area (Å²) in [6.07, 6.45) is 5.02. The topological polar surface area (TPSA) is 139 Å². The SMILES string of the molecule is Cc1cn(C(C)(C)CCOC(C)(C)CCn2nnc3c2-c2ccccc2CN(C(=O)CCC(=O)NCCC(C)(C)OCCC(C)(C)OCC(C)C)c2ccccc2-3)nn1. The van der Waals surface area contributed by atoms with Crippen molar-refractivity contribution in [2.75, 3.05) is 31.3 Å². The summed E-state index contributed by atoms with van der Waals surface area (Å²) in [6.45, 7) is 26.2. The van der Waals surface area contributed by atoms with E-state index in [2.05, 4.69) is 82.3 Å². The van der Waals surface area contributed by atoms with Crippen molar-refractivity contribution in [3.63, 3.8) is 0 Å². The van der Waals surface area contributed by atoms with Gasteiger partial charge in [0.05, 0.1) is 52.6 Å². The molecule has 0 bridgehead atoms. The molecule has 59 heavy (non-hydrogen) atoms. The molecule has 2 aromatic carbocycles. The summed E-state index contributed by atoms with van der Waals surface area (Å²) in [5, 5.41) is 20.8. The van der Waals surface area contributed by atoms with Crippen molar-refractivity contribution in [2.45, 2.75) is 150 Å². The highest BCUT2D eigenvalue weighted by Crippen LogP contribution is 2.41. The van der Waals surface area contributed by atoms with Crippen molar-refractivity contribution >= 4 is 17.5 Å². The Balaban J connectivity index is 1.20. The zero-order valence-corrected chi connectivity index (χ0v) is 37.4. The average Bonchev–Trinajstić information content (AvgIpc) is 3.80. The Morgan fingerprint density at radius 3 is 2.10 bits per heavy atom. The van der Waals surface area contributed by atoms with Crippen molar-refractivity contribution in [1.82, 2.24) is 35.3 Å². The van der Waals surface area contributed by atoms with Crippen LogP contribution in [-0.2, 0) is 42.4 Å². The molecule has 1 N–H and O–H groups in total. The van der Waals surface area contributed by atoms with Gasteiger partial charge in [0.2, 0.25) is 11.8 Å². The van der Waals surface area contributed by atoms with Gasteiger partial charge in [0.25, 0.3) is 0 Å². The van der Waals surface area contributed by atoms with Crippen molar-refractivity contribution in [3.8, 4) is 22.5 Å². The summed E-state index contributed by atoms with van der Waals surface area (Å²) in [5.74, 6) is 0.181. The smallest absolute Gasteiger partial charge is 0.227 e. The van der Waals surface area contributed by atoms with Crippen LogP contribution < -0.4 is 10.2 Å². The third-order valence-corrected chi connectivity index (χ3v) is 11.1. The van der Waals surface area contributed by atoms with Gasteiger partial charge in [-0.05, 0) is 106 Å². The minimum absolute atomic E-state index is 0.0674. The summed E-state index contributed by atoms with van der Waals surface area (Å²) in [4.78, 5) is 28.9. The van der Waals surface area contributed by atoms with Crippen LogP contribution in [0, 0.1) is 12.8 Å².